The summed E-state index contributed by atoms with van der Waals surface area (Å²) in [4.78, 5) is 104. The fraction of sp³-hybridized carbons (Fsp3) is 0.232. The highest BCUT2D eigenvalue weighted by Crippen LogP contribution is 2.40. The number of anilines is 6. The van der Waals surface area contributed by atoms with E-state index in [9.17, 15) is 33.6 Å². The minimum atomic E-state index is -2.80. The smallest absolute Gasteiger partial charge is 0.340 e. The number of rotatable bonds is 16. The standard InChI is InChI=1S/C20H25N9O3.C16H15ClN8O2.C9H11N5O.C7H6Cl3N3O.C7H5Cl2N3O.C6H2Cl3NO2.C4H7NO/c1-28-20(31)15-13(9-14(24-18(15)27-28)25-19(30)10-7-8-10)23-12-6-4-5-11(16(12)32-3)17(21)26-29(2)22;1-24-16(26)12-10(7-11(17)19-15(12)21-24)18-9-6-4-5-8(13(9)27-3)14-20-23-25(2)22-14;1-14-12-9(11-13-14)6-4-3-5-7(10)8(6)15-2;1-13(11)7(14)5-3(8)2-4(9)12-6(5)10;1-12-7(13)5-3(8)2-4(9)10-6(5)11-12;7-2-1-3(8)10-5(9)4(2)6(11)12;5-4(6)3-1-2-3/h4-6,9-10H,7-8,22H2,1-3H3,(H2,21,26)(H3,23,24,25,27,30);4-7H,1-3H3,(H2,18,19,21);3-5H,10H2,1-2H3;2H,11H2,1H3;2H,1H3,(H,10,11);1H,(H,11,12);3H,1-2H2,(H2,5,6)/i2*1D3;;2*1D3;;. The summed E-state index contributed by atoms with van der Waals surface area (Å²) >= 11 is 50.9. The van der Waals surface area contributed by atoms with Gasteiger partial charge in [-0.05, 0) is 96.8 Å². The number of aromatic carboxylic acids is 1. The molecule has 0 bridgehead atoms. The van der Waals surface area contributed by atoms with Crippen LogP contribution in [0.2, 0.25) is 46.0 Å². The Balaban J connectivity index is 0.000000182. The van der Waals surface area contributed by atoms with Crippen molar-refractivity contribution in [1.29, 1.82) is 0 Å². The summed E-state index contributed by atoms with van der Waals surface area (Å²) in [5.41, 5.74) is 17.5. The average Bonchev–Trinajstić information content (AvgIpc) is 1.62. The molecule has 15 rings (SSSR count). The minimum absolute atomic E-state index is 0.0109. The van der Waals surface area contributed by atoms with Crippen LogP contribution in [-0.2, 0) is 44.6 Å². The Hall–Kier alpha value is -12.2. The molecule has 0 saturated heterocycles. The molecular weight excluding hydrogens is 1740 g/mol. The Labute approximate surface area is 733 Å². The summed E-state index contributed by atoms with van der Waals surface area (Å²) < 4.78 is 106. The van der Waals surface area contributed by atoms with E-state index in [1.807, 2.05) is 12.1 Å². The van der Waals surface area contributed by atoms with E-state index >= 15 is 0 Å². The number of ether oxygens (including phenoxy) is 3. The van der Waals surface area contributed by atoms with E-state index in [0.717, 1.165) is 42.4 Å². The van der Waals surface area contributed by atoms with Gasteiger partial charge in [0.25, 0.3) is 22.6 Å². The summed E-state index contributed by atoms with van der Waals surface area (Å²) in [5, 5.41) is 53.3. The number of benzene rings is 3. The van der Waals surface area contributed by atoms with Gasteiger partial charge in [-0.3, -0.25) is 63.1 Å². The van der Waals surface area contributed by atoms with Crippen LogP contribution in [0.5, 0.6) is 17.2 Å². The zero-order chi connectivity index (χ0) is 97.3. The van der Waals surface area contributed by atoms with Gasteiger partial charge >= 0.3 is 5.97 Å². The van der Waals surface area contributed by atoms with Gasteiger partial charge in [0.1, 0.15) is 58.5 Å². The molecule has 2 fully saturated rings. The second-order valence-electron chi connectivity index (χ2n) is 24.2. The summed E-state index contributed by atoms with van der Waals surface area (Å²) in [5.74, 6) is 10.6. The first-order valence-corrected chi connectivity index (χ1v) is 36.6. The van der Waals surface area contributed by atoms with Crippen molar-refractivity contribution < 1.29 is 54.9 Å². The molecule has 3 aromatic carbocycles. The van der Waals surface area contributed by atoms with Crippen LogP contribution < -0.4 is 75.7 Å². The third-order valence-corrected chi connectivity index (χ3v) is 18.0. The molecule has 0 spiro atoms. The van der Waals surface area contributed by atoms with Crippen molar-refractivity contribution in [2.75, 3.05) is 57.0 Å². The van der Waals surface area contributed by atoms with Gasteiger partial charge in [0, 0.05) is 69.3 Å². The van der Waals surface area contributed by atoms with Crippen LogP contribution in [0.3, 0.4) is 0 Å². The molecule has 3 amide bonds. The molecule has 17 N–H and O–H groups in total. The number of hydrogen-bond acceptors (Lipinski definition) is 28. The van der Waals surface area contributed by atoms with Crippen LogP contribution in [0.1, 0.15) is 68.4 Å². The number of amides is 3. The van der Waals surface area contributed by atoms with Crippen molar-refractivity contribution in [2.45, 2.75) is 25.7 Å². The van der Waals surface area contributed by atoms with Gasteiger partial charge in [-0.15, -0.1) is 25.5 Å². The molecule has 2 aliphatic carbocycles. The Kier molecular flexibility index (Phi) is 24.9. The van der Waals surface area contributed by atoms with Crippen LogP contribution in [0.4, 0.5) is 34.3 Å². The topological polar surface area (TPSA) is 566 Å². The number of nitrogen functional groups attached to an aromatic ring is 1. The summed E-state index contributed by atoms with van der Waals surface area (Å²) in [6.07, 6.45) is 3.62. The number of para-hydroxylation sites is 3. The number of tetrazole rings is 2. The van der Waals surface area contributed by atoms with Crippen LogP contribution in [0, 0.1) is 11.8 Å². The molecule has 13 aromatic rings. The van der Waals surface area contributed by atoms with Gasteiger partial charge in [0.05, 0.1) is 101 Å². The molecule has 0 atom stereocenters. The molecule has 10 aromatic heterocycles. The maximum atomic E-state index is 13.0. The van der Waals surface area contributed by atoms with Gasteiger partial charge in [0.15, 0.2) is 40.0 Å². The maximum absolute atomic E-state index is 13.0. The van der Waals surface area contributed by atoms with Crippen molar-refractivity contribution in [3.05, 3.63) is 179 Å². The van der Waals surface area contributed by atoms with Gasteiger partial charge in [-0.2, -0.15) is 9.59 Å². The van der Waals surface area contributed by atoms with E-state index in [-0.39, 0.29) is 142 Å². The highest BCUT2D eigenvalue weighted by Gasteiger charge is 2.31. The average molecular weight is 1830 g/mol. The zero-order valence-corrected chi connectivity index (χ0v) is 68.7. The number of carboxylic acid groups (broad SMARTS) is 1. The fourth-order valence-corrected chi connectivity index (χ4v) is 12.7. The van der Waals surface area contributed by atoms with Crippen molar-refractivity contribution in [3.63, 3.8) is 0 Å². The number of H-pyrrole nitrogens is 3. The number of primary amides is 1. The third-order valence-electron chi connectivity index (χ3n) is 15.7. The number of nitrogens with two attached hydrogens (primary N) is 5. The summed E-state index contributed by atoms with van der Waals surface area (Å²) in [7, 11) is 9.33. The van der Waals surface area contributed by atoms with Crippen molar-refractivity contribution in [1.82, 2.24) is 105 Å². The lowest BCUT2D eigenvalue weighted by Gasteiger charge is -2.16. The fourth-order valence-electron chi connectivity index (χ4n) is 10.2. The van der Waals surface area contributed by atoms with Gasteiger partial charge in [-0.25, -0.2) is 46.5 Å². The lowest BCUT2D eigenvalue weighted by molar-refractivity contribution is -0.119. The molecule has 10 heterocycles. The quantitative estimate of drug-likeness (QED) is 0.00815. The maximum Gasteiger partial charge on any atom is 0.340 e. The lowest BCUT2D eigenvalue weighted by Crippen LogP contribution is -2.33. The SMILES string of the molecule is COc1c(N)cccc1-c1nnn(C)n1.NC(=O)C1CC1.O=C(O)c1c(Cl)cc(Cl)nc1Cl.[2H]C([2H])([2H])N(N)C(=O)c1c(Cl)cc(Cl)nc1Cl.[2H]C([2H])([2H])n1[nH]c2nc(Cl)cc(Cl)c2c1=O.[2H]C([2H])([2H])n1[nH]c2nc(Cl)cc(Nc3cccc(-c4nnn(C)n4)c3OC)c2c1=O.[2H]C([2H])([2H])n1[nH]c2nc(NC(=O)C3CC3)cc(Nc3cccc(/C(N)=N/N(C)N)c3OC)c2c1=O. The molecule has 2 saturated carbocycles. The summed E-state index contributed by atoms with van der Waals surface area (Å²) in [6.45, 7) is -10.9. The van der Waals surface area contributed by atoms with Gasteiger partial charge in [-0.1, -0.05) is 123 Å². The Morgan fingerprint density at radius 3 is 1.47 bits per heavy atom. The zero-order valence-electron chi connectivity index (χ0n) is 73.9. The number of hydrazine groups is 2. The van der Waals surface area contributed by atoms with E-state index in [0.29, 0.717) is 71.1 Å². The molecule has 41 nitrogen and oxygen atoms in total. The number of methoxy groups -OCH3 is 3. The second-order valence-corrected chi connectivity index (χ2v) is 27.7. The number of nitrogens with one attached hydrogen (secondary N) is 6. The number of halogens is 9. The Morgan fingerprint density at radius 2 is 1.02 bits per heavy atom. The number of hydrogen-bond donors (Lipinski definition) is 12. The molecule has 2 aliphatic rings. The van der Waals surface area contributed by atoms with Gasteiger partial charge < -0.3 is 52.5 Å². The number of fused-ring (bicyclic) bond motifs is 3. The van der Waals surface area contributed by atoms with Crippen molar-refractivity contribution >= 4 is 201 Å². The Morgan fingerprint density at radius 1 is 0.571 bits per heavy atom. The molecule has 119 heavy (non-hydrogen) atoms. The number of aromatic nitrogens is 19. The Bertz CT molecular complexity index is 6650. The van der Waals surface area contributed by atoms with Crippen LogP contribution in [0.15, 0.2) is 104 Å². The minimum Gasteiger partial charge on any atom is -0.494 e. The van der Waals surface area contributed by atoms with E-state index in [2.05, 4.69) is 92.1 Å². The van der Waals surface area contributed by atoms with Crippen LogP contribution >= 0.6 is 104 Å². The van der Waals surface area contributed by atoms with Gasteiger partial charge in [0.2, 0.25) is 23.5 Å². The predicted octanol–water partition coefficient (Wildman–Crippen LogP) is 9.29. The number of carbonyl (C=O) groups is 4. The largest absolute Gasteiger partial charge is 0.494 e. The number of hydrazone groups is 1. The van der Waals surface area contributed by atoms with E-state index < -0.39 is 56.5 Å². The molecule has 626 valence electrons. The number of carboxylic acids is 1. The van der Waals surface area contributed by atoms with E-state index in [1.54, 1.807) is 63.7 Å². The van der Waals surface area contributed by atoms with E-state index in [1.165, 1.54) is 55.1 Å². The van der Waals surface area contributed by atoms with Crippen LogP contribution in [-0.4, -0.2) is 175 Å². The lowest BCUT2D eigenvalue weighted by atomic mass is 10.1. The van der Waals surface area contributed by atoms with Crippen LogP contribution in [0.25, 0.3) is 55.9 Å². The number of aryl methyl sites for hydroxylation is 5. The number of pyridine rings is 5. The first-order chi connectivity index (χ1) is 61.2. The normalized spacial score (nSPS) is 13.9. The summed E-state index contributed by atoms with van der Waals surface area (Å²) in [6, 6.07) is 22.2. The highest BCUT2D eigenvalue weighted by molar-refractivity contribution is 6.42. The molecule has 0 aliphatic heterocycles. The second kappa shape index (κ2) is 39.9. The molecule has 0 unspecified atom stereocenters. The number of carbonyl (C=O) groups excluding carboxylic acids is 3. The van der Waals surface area contributed by atoms with E-state index in [4.69, 9.17) is 169 Å². The molecule has 50 heteroatoms. The van der Waals surface area contributed by atoms with Crippen molar-refractivity contribution in [2.24, 2.45) is 75.1 Å². The van der Waals surface area contributed by atoms with Crippen molar-refractivity contribution in [3.8, 4) is 40.0 Å². The predicted molar refractivity (Wildman–Crippen MR) is 452 cm³/mol. The number of nitrogens with zero attached hydrogens (tertiary/aromatic N) is 19. The monoisotopic (exact) mass is 1820 g/mol. The number of aromatic amines is 3. The first kappa shape index (κ1) is 74.4. The molecule has 0 radical (unpaired) electrons. The number of amidine groups is 1. The third kappa shape index (κ3) is 22.8. The first-order valence-electron chi connectivity index (χ1n) is 39.2. The molecular formula is C69H71Cl9N30O11. The highest BCUT2D eigenvalue weighted by atomic mass is 35.5.